The van der Waals surface area contributed by atoms with Gasteiger partial charge >= 0.3 is 0 Å². The first-order chi connectivity index (χ1) is 8.08. The highest BCUT2D eigenvalue weighted by Crippen LogP contribution is 2.24. The Morgan fingerprint density at radius 2 is 1.88 bits per heavy atom. The van der Waals surface area contributed by atoms with Crippen LogP contribution in [0.25, 0.3) is 0 Å². The topological polar surface area (TPSA) is 67.9 Å². The summed E-state index contributed by atoms with van der Waals surface area (Å²) in [6, 6.07) is 0. The lowest BCUT2D eigenvalue weighted by atomic mass is 9.92. The minimum absolute atomic E-state index is 0.247. The number of aromatic nitrogens is 3. The van der Waals surface area contributed by atoms with Crippen molar-refractivity contribution in [2.45, 2.75) is 26.1 Å². The molecule has 0 saturated carbocycles. The van der Waals surface area contributed by atoms with E-state index in [1.54, 1.807) is 0 Å². The van der Waals surface area contributed by atoms with Crippen molar-refractivity contribution in [2.24, 2.45) is 11.8 Å². The molecule has 2 N–H and O–H groups in total. The maximum absolute atomic E-state index is 5.74. The van der Waals surface area contributed by atoms with Crippen LogP contribution in [-0.4, -0.2) is 28.0 Å². The Bertz CT molecular complexity index is 387. The van der Waals surface area contributed by atoms with Crippen LogP contribution in [0.4, 0.5) is 11.9 Å². The molecule has 0 aliphatic carbocycles. The first kappa shape index (κ1) is 12.4. The molecule has 1 saturated heterocycles. The molecule has 2 unspecified atom stereocenters. The summed E-state index contributed by atoms with van der Waals surface area (Å²) in [5.74, 6) is 3.01. The number of anilines is 2. The molecule has 1 aromatic rings. The third-order valence-electron chi connectivity index (χ3n) is 2.96. The van der Waals surface area contributed by atoms with E-state index in [1.165, 1.54) is 6.42 Å². The molecule has 6 heteroatoms. The normalized spacial score (nSPS) is 25.0. The molecule has 94 valence electrons. The van der Waals surface area contributed by atoms with Gasteiger partial charge in [0.1, 0.15) is 0 Å². The lowest BCUT2D eigenvalue weighted by molar-refractivity contribution is 0.353. The highest BCUT2D eigenvalue weighted by atomic mass is 35.5. The molecule has 1 fully saturated rings. The quantitative estimate of drug-likeness (QED) is 0.815. The third-order valence-corrected chi connectivity index (χ3v) is 3.20. The number of nitrogens with zero attached hydrogens (tertiary/aromatic N) is 4. The molecule has 2 rings (SSSR count). The van der Waals surface area contributed by atoms with Crippen molar-refractivity contribution in [3.05, 3.63) is 5.82 Å². The van der Waals surface area contributed by atoms with Crippen molar-refractivity contribution < 1.29 is 0 Å². The number of halogens is 1. The summed E-state index contributed by atoms with van der Waals surface area (Å²) < 4.78 is 0. The van der Waals surface area contributed by atoms with Crippen LogP contribution in [0.1, 0.15) is 26.1 Å². The second kappa shape index (κ2) is 5.04. The van der Waals surface area contributed by atoms with Crippen molar-refractivity contribution >= 4 is 23.5 Å². The summed E-state index contributed by atoms with van der Waals surface area (Å²) in [6.45, 7) is 6.43. The summed E-state index contributed by atoms with van der Waals surface area (Å²) in [6.07, 6.45) is 1.25. The van der Waals surface area contributed by atoms with Gasteiger partial charge in [0.25, 0.3) is 0 Å². The van der Waals surface area contributed by atoms with Gasteiger partial charge < -0.3 is 10.6 Å². The minimum atomic E-state index is 0.247. The maximum Gasteiger partial charge on any atom is 0.230 e. The molecular formula is C11H18ClN5. The fraction of sp³-hybridized carbons (Fsp3) is 0.727. The van der Waals surface area contributed by atoms with Gasteiger partial charge in [0.15, 0.2) is 5.82 Å². The van der Waals surface area contributed by atoms with Crippen molar-refractivity contribution in [1.29, 1.82) is 0 Å². The molecule has 5 nitrogen and oxygen atoms in total. The van der Waals surface area contributed by atoms with Crippen LogP contribution in [0.2, 0.25) is 0 Å². The van der Waals surface area contributed by atoms with E-state index in [0.717, 1.165) is 13.1 Å². The van der Waals surface area contributed by atoms with Crippen LogP contribution in [0.3, 0.4) is 0 Å². The summed E-state index contributed by atoms with van der Waals surface area (Å²) in [5.41, 5.74) is 5.66. The first-order valence-electron chi connectivity index (χ1n) is 5.89. The fourth-order valence-corrected chi connectivity index (χ4v) is 2.57. The van der Waals surface area contributed by atoms with Crippen molar-refractivity contribution in [3.63, 3.8) is 0 Å². The number of hydrogen-bond donors (Lipinski definition) is 1. The second-order valence-electron chi connectivity index (χ2n) is 4.89. The van der Waals surface area contributed by atoms with Gasteiger partial charge in [-0.2, -0.15) is 15.0 Å². The molecule has 2 atom stereocenters. The van der Waals surface area contributed by atoms with E-state index in [9.17, 15) is 0 Å². The number of piperidine rings is 1. The zero-order valence-corrected chi connectivity index (χ0v) is 11.0. The van der Waals surface area contributed by atoms with Gasteiger partial charge in [-0.05, 0) is 18.3 Å². The molecule has 1 aliphatic heterocycles. The molecule has 1 aromatic heterocycles. The molecule has 0 aromatic carbocycles. The average molecular weight is 256 g/mol. The van der Waals surface area contributed by atoms with Crippen LogP contribution in [0.15, 0.2) is 0 Å². The number of nitrogens with two attached hydrogens (primary N) is 1. The van der Waals surface area contributed by atoms with E-state index >= 15 is 0 Å². The van der Waals surface area contributed by atoms with E-state index in [4.69, 9.17) is 17.3 Å². The standard InChI is InChI=1S/C11H18ClN5/c1-7-3-8(2)6-17(5-7)11-15-9(4-12)14-10(13)16-11/h7-8H,3-6H2,1-2H3,(H2,13,14,15,16). The Kier molecular flexibility index (Phi) is 3.66. The van der Waals surface area contributed by atoms with Gasteiger partial charge in [-0.3, -0.25) is 0 Å². The largest absolute Gasteiger partial charge is 0.368 e. The van der Waals surface area contributed by atoms with E-state index in [2.05, 4.69) is 33.7 Å². The van der Waals surface area contributed by atoms with Crippen LogP contribution < -0.4 is 10.6 Å². The zero-order chi connectivity index (χ0) is 12.4. The number of rotatable bonds is 2. The maximum atomic E-state index is 5.74. The van der Waals surface area contributed by atoms with Gasteiger partial charge in [-0.15, -0.1) is 11.6 Å². The number of hydrogen-bond acceptors (Lipinski definition) is 5. The fourth-order valence-electron chi connectivity index (χ4n) is 2.45. The Morgan fingerprint density at radius 3 is 2.47 bits per heavy atom. The third kappa shape index (κ3) is 2.97. The summed E-state index contributed by atoms with van der Waals surface area (Å²) in [5, 5.41) is 0. The second-order valence-corrected chi connectivity index (χ2v) is 5.16. The van der Waals surface area contributed by atoms with Crippen LogP contribution >= 0.6 is 11.6 Å². The summed E-state index contributed by atoms with van der Waals surface area (Å²) >= 11 is 5.74. The first-order valence-corrected chi connectivity index (χ1v) is 6.43. The highest BCUT2D eigenvalue weighted by Gasteiger charge is 2.24. The monoisotopic (exact) mass is 255 g/mol. The van der Waals surface area contributed by atoms with Crippen molar-refractivity contribution in [2.75, 3.05) is 23.7 Å². The lowest BCUT2D eigenvalue weighted by Crippen LogP contribution is -2.40. The molecule has 0 amide bonds. The summed E-state index contributed by atoms with van der Waals surface area (Å²) in [7, 11) is 0. The van der Waals surface area contributed by atoms with Gasteiger partial charge in [0.2, 0.25) is 11.9 Å². The van der Waals surface area contributed by atoms with Crippen LogP contribution in [0, 0.1) is 11.8 Å². The minimum Gasteiger partial charge on any atom is -0.368 e. The van der Waals surface area contributed by atoms with E-state index in [0.29, 0.717) is 23.6 Å². The summed E-state index contributed by atoms with van der Waals surface area (Å²) in [4.78, 5) is 14.7. The Morgan fingerprint density at radius 1 is 1.24 bits per heavy atom. The van der Waals surface area contributed by atoms with Crippen LogP contribution in [-0.2, 0) is 5.88 Å². The number of nitrogen functional groups attached to an aromatic ring is 1. The zero-order valence-electron chi connectivity index (χ0n) is 10.2. The Labute approximate surface area is 106 Å². The average Bonchev–Trinajstić information content (AvgIpc) is 2.26. The van der Waals surface area contributed by atoms with Crippen molar-refractivity contribution in [3.8, 4) is 0 Å². The van der Waals surface area contributed by atoms with E-state index in [1.807, 2.05) is 0 Å². The van der Waals surface area contributed by atoms with Gasteiger partial charge in [-0.1, -0.05) is 13.8 Å². The van der Waals surface area contributed by atoms with E-state index in [-0.39, 0.29) is 11.8 Å². The van der Waals surface area contributed by atoms with Crippen molar-refractivity contribution in [1.82, 2.24) is 15.0 Å². The lowest BCUT2D eigenvalue weighted by Gasteiger charge is -2.34. The highest BCUT2D eigenvalue weighted by molar-refractivity contribution is 6.16. The Balaban J connectivity index is 2.23. The van der Waals surface area contributed by atoms with Gasteiger partial charge in [-0.25, -0.2) is 0 Å². The van der Waals surface area contributed by atoms with Gasteiger partial charge in [0, 0.05) is 13.1 Å². The molecule has 0 spiro atoms. The molecule has 0 radical (unpaired) electrons. The van der Waals surface area contributed by atoms with Gasteiger partial charge in [0.05, 0.1) is 5.88 Å². The predicted molar refractivity (Wildman–Crippen MR) is 69.0 cm³/mol. The predicted octanol–water partition coefficient (Wildman–Crippen LogP) is 1.67. The molecule has 1 aliphatic rings. The SMILES string of the molecule is CC1CC(C)CN(c2nc(N)nc(CCl)n2)C1. The van der Waals surface area contributed by atoms with Crippen LogP contribution in [0.5, 0.6) is 0 Å². The molecule has 0 bridgehead atoms. The Hall–Kier alpha value is -1.10. The smallest absolute Gasteiger partial charge is 0.230 e. The molecule has 17 heavy (non-hydrogen) atoms. The van der Waals surface area contributed by atoms with E-state index < -0.39 is 0 Å². The molecular weight excluding hydrogens is 238 g/mol. The number of alkyl halides is 1. The molecule has 2 heterocycles.